The van der Waals surface area contributed by atoms with Gasteiger partial charge in [0.2, 0.25) is 0 Å². The molecule has 0 spiro atoms. The Kier molecular flexibility index (Phi) is 8.18. The normalized spacial score (nSPS) is 24.0. The summed E-state index contributed by atoms with van der Waals surface area (Å²) in [6, 6.07) is 19.6. The second-order valence-electron chi connectivity index (χ2n) is 7.25. The summed E-state index contributed by atoms with van der Waals surface area (Å²) in [4.78, 5) is 0. The van der Waals surface area contributed by atoms with Gasteiger partial charge in [0.25, 0.3) is 10.1 Å². The van der Waals surface area contributed by atoms with Gasteiger partial charge in [0.15, 0.2) is 0 Å². The van der Waals surface area contributed by atoms with Gasteiger partial charge in [-0.3, -0.25) is 4.18 Å². The lowest BCUT2D eigenvalue weighted by molar-refractivity contribution is -0.0818. The molecule has 1 heterocycles. The molecule has 162 valence electrons. The number of ether oxygens (including phenoxy) is 3. The molecule has 7 heteroatoms. The van der Waals surface area contributed by atoms with Gasteiger partial charge >= 0.3 is 0 Å². The zero-order valence-electron chi connectivity index (χ0n) is 17.1. The highest BCUT2D eigenvalue weighted by molar-refractivity contribution is 7.85. The van der Waals surface area contributed by atoms with E-state index in [-0.39, 0.29) is 18.8 Å². The molecule has 1 aliphatic rings. The molecule has 6 nitrogen and oxygen atoms in total. The monoisotopic (exact) mass is 432 g/mol. The van der Waals surface area contributed by atoms with Crippen LogP contribution in [-0.2, 0) is 41.7 Å². The third kappa shape index (κ3) is 6.75. The van der Waals surface area contributed by atoms with Crippen molar-refractivity contribution in [1.82, 2.24) is 0 Å². The average Bonchev–Trinajstić information content (AvgIpc) is 3.07. The molecule has 0 N–H and O–H groups in total. The molecule has 0 bridgehead atoms. The van der Waals surface area contributed by atoms with Crippen LogP contribution in [0, 0.1) is 0 Å². The third-order valence-corrected chi connectivity index (χ3v) is 5.39. The Bertz CT molecular complexity index is 884. The number of benzene rings is 2. The lowest BCUT2D eigenvalue weighted by Crippen LogP contribution is -2.39. The van der Waals surface area contributed by atoms with E-state index in [0.29, 0.717) is 19.6 Å². The van der Waals surface area contributed by atoms with Crippen LogP contribution in [0.5, 0.6) is 0 Å². The number of hydrogen-bond acceptors (Lipinski definition) is 6. The number of hydrogen-bond donors (Lipinski definition) is 0. The fraction of sp³-hybridized carbons (Fsp3) is 0.391. The quantitative estimate of drug-likeness (QED) is 0.400. The summed E-state index contributed by atoms with van der Waals surface area (Å²) >= 11 is 0. The lowest BCUT2D eigenvalue weighted by Gasteiger charge is -2.25. The standard InChI is InChI=1S/C23H28O6S/c1-3-10-20-22(26-15-18-11-6-4-7-12-18)23(21(29-20)17-28-30(2,24)25)27-16-19-13-8-5-9-14-19/h3-9,11-14,20-23H,1,10,15-17H2,2H3/t20?,21-,22+,23-/m1/s1. The molecular weight excluding hydrogens is 404 g/mol. The first-order chi connectivity index (χ1) is 14.5. The van der Waals surface area contributed by atoms with Crippen LogP contribution in [0.4, 0.5) is 0 Å². The Labute approximate surface area is 178 Å². The molecule has 0 radical (unpaired) electrons. The second-order valence-corrected chi connectivity index (χ2v) is 8.89. The van der Waals surface area contributed by atoms with Crippen LogP contribution in [0.1, 0.15) is 17.5 Å². The summed E-state index contributed by atoms with van der Waals surface area (Å²) in [5.74, 6) is 0. The molecule has 2 aromatic carbocycles. The van der Waals surface area contributed by atoms with Crippen LogP contribution in [0.2, 0.25) is 0 Å². The molecule has 1 fully saturated rings. The first kappa shape index (κ1) is 22.7. The lowest BCUT2D eigenvalue weighted by atomic mass is 10.0. The van der Waals surface area contributed by atoms with Crippen molar-refractivity contribution in [3.63, 3.8) is 0 Å². The molecule has 1 saturated heterocycles. The van der Waals surface area contributed by atoms with E-state index in [4.69, 9.17) is 18.4 Å². The molecule has 0 aromatic heterocycles. The van der Waals surface area contributed by atoms with Crippen LogP contribution in [0.3, 0.4) is 0 Å². The molecule has 0 amide bonds. The molecule has 2 aromatic rings. The van der Waals surface area contributed by atoms with Crippen molar-refractivity contribution in [2.45, 2.75) is 44.1 Å². The van der Waals surface area contributed by atoms with Crippen LogP contribution in [-0.4, -0.2) is 45.7 Å². The summed E-state index contributed by atoms with van der Waals surface area (Å²) in [7, 11) is -3.60. The van der Waals surface area contributed by atoms with E-state index in [2.05, 4.69) is 6.58 Å². The van der Waals surface area contributed by atoms with Gasteiger partial charge in [-0.15, -0.1) is 6.58 Å². The Morgan fingerprint density at radius 3 is 1.87 bits per heavy atom. The van der Waals surface area contributed by atoms with Gasteiger partial charge in [0.05, 0.1) is 32.2 Å². The first-order valence-electron chi connectivity index (χ1n) is 9.88. The Hall–Kier alpha value is -2.03. The fourth-order valence-corrected chi connectivity index (χ4v) is 3.80. The largest absolute Gasteiger partial charge is 0.368 e. The van der Waals surface area contributed by atoms with E-state index in [1.165, 1.54) is 0 Å². The van der Waals surface area contributed by atoms with E-state index in [1.807, 2.05) is 60.7 Å². The van der Waals surface area contributed by atoms with Crippen molar-refractivity contribution in [3.8, 4) is 0 Å². The first-order valence-corrected chi connectivity index (χ1v) is 11.7. The minimum absolute atomic E-state index is 0.128. The van der Waals surface area contributed by atoms with Crippen molar-refractivity contribution < 1.29 is 26.8 Å². The summed E-state index contributed by atoms with van der Waals surface area (Å²) in [5, 5.41) is 0. The van der Waals surface area contributed by atoms with Crippen LogP contribution >= 0.6 is 0 Å². The maximum Gasteiger partial charge on any atom is 0.264 e. The van der Waals surface area contributed by atoms with Crippen molar-refractivity contribution in [2.75, 3.05) is 12.9 Å². The minimum Gasteiger partial charge on any atom is -0.368 e. The van der Waals surface area contributed by atoms with Crippen molar-refractivity contribution in [3.05, 3.63) is 84.4 Å². The van der Waals surface area contributed by atoms with Crippen molar-refractivity contribution in [1.29, 1.82) is 0 Å². The van der Waals surface area contributed by atoms with Crippen LogP contribution < -0.4 is 0 Å². The zero-order valence-corrected chi connectivity index (χ0v) is 17.9. The maximum atomic E-state index is 11.5. The van der Waals surface area contributed by atoms with Gasteiger partial charge in [0, 0.05) is 0 Å². The molecule has 0 saturated carbocycles. The molecule has 0 aliphatic carbocycles. The van der Waals surface area contributed by atoms with Gasteiger partial charge in [-0.25, -0.2) is 0 Å². The molecule has 30 heavy (non-hydrogen) atoms. The predicted octanol–water partition coefficient (Wildman–Crippen LogP) is 3.48. The van der Waals surface area contributed by atoms with E-state index >= 15 is 0 Å². The van der Waals surface area contributed by atoms with E-state index in [0.717, 1.165) is 17.4 Å². The SMILES string of the molecule is C=CCC1O[C@H](COS(C)(=O)=O)[C@@H](OCc2ccccc2)[C@H]1OCc1ccccc1. The van der Waals surface area contributed by atoms with Crippen LogP contribution in [0.15, 0.2) is 73.3 Å². The molecule has 1 aliphatic heterocycles. The van der Waals surface area contributed by atoms with Crippen molar-refractivity contribution >= 4 is 10.1 Å². The van der Waals surface area contributed by atoms with E-state index in [9.17, 15) is 8.42 Å². The second kappa shape index (κ2) is 10.8. The van der Waals surface area contributed by atoms with E-state index < -0.39 is 22.3 Å². The van der Waals surface area contributed by atoms with Gasteiger partial charge < -0.3 is 14.2 Å². The summed E-state index contributed by atoms with van der Waals surface area (Å²) in [5.41, 5.74) is 2.04. The van der Waals surface area contributed by atoms with Gasteiger partial charge in [-0.2, -0.15) is 8.42 Å². The number of rotatable bonds is 11. The molecule has 1 unspecified atom stereocenters. The fourth-order valence-electron chi connectivity index (χ4n) is 3.42. The van der Waals surface area contributed by atoms with Gasteiger partial charge in [-0.05, 0) is 17.5 Å². The smallest absolute Gasteiger partial charge is 0.264 e. The highest BCUT2D eigenvalue weighted by Crippen LogP contribution is 2.31. The maximum absolute atomic E-state index is 11.5. The summed E-state index contributed by atoms with van der Waals surface area (Å²) in [6.45, 7) is 4.43. The van der Waals surface area contributed by atoms with Crippen LogP contribution in [0.25, 0.3) is 0 Å². The average molecular weight is 433 g/mol. The minimum atomic E-state index is -3.60. The molecule has 4 atom stereocenters. The Morgan fingerprint density at radius 2 is 1.40 bits per heavy atom. The van der Waals surface area contributed by atoms with Gasteiger partial charge in [0.1, 0.15) is 18.3 Å². The summed E-state index contributed by atoms with van der Waals surface area (Å²) < 4.78 is 46.5. The molecular formula is C23H28O6S. The van der Waals surface area contributed by atoms with E-state index in [1.54, 1.807) is 6.08 Å². The summed E-state index contributed by atoms with van der Waals surface area (Å²) in [6.07, 6.45) is 1.58. The zero-order chi connectivity index (χ0) is 21.4. The predicted molar refractivity (Wildman–Crippen MR) is 114 cm³/mol. The Balaban J connectivity index is 1.75. The Morgan fingerprint density at radius 1 is 0.900 bits per heavy atom. The molecule has 3 rings (SSSR count). The topological polar surface area (TPSA) is 71.1 Å². The van der Waals surface area contributed by atoms with Gasteiger partial charge in [-0.1, -0.05) is 66.7 Å². The highest BCUT2D eigenvalue weighted by Gasteiger charge is 2.46. The van der Waals surface area contributed by atoms with Crippen molar-refractivity contribution in [2.24, 2.45) is 0 Å². The highest BCUT2D eigenvalue weighted by atomic mass is 32.2. The third-order valence-electron chi connectivity index (χ3n) is 4.82.